The molecule has 2 aromatic carbocycles. The van der Waals surface area contributed by atoms with Crippen LogP contribution in [0.2, 0.25) is 0 Å². The highest BCUT2D eigenvalue weighted by molar-refractivity contribution is 9.10. The first-order chi connectivity index (χ1) is 9.52. The summed E-state index contributed by atoms with van der Waals surface area (Å²) in [5.41, 5.74) is 8.96. The highest BCUT2D eigenvalue weighted by atomic mass is 79.9. The average Bonchev–Trinajstić information content (AvgIpc) is 2.43. The lowest BCUT2D eigenvalue weighted by molar-refractivity contribution is 0.335. The van der Waals surface area contributed by atoms with Gasteiger partial charge in [-0.3, -0.25) is 0 Å². The fraction of sp³-hybridized carbons (Fsp3) is 0.250. The second-order valence-corrected chi connectivity index (χ2v) is 5.47. The van der Waals surface area contributed by atoms with Crippen molar-refractivity contribution in [2.75, 3.05) is 6.61 Å². The molecule has 0 aliphatic rings. The zero-order valence-corrected chi connectivity index (χ0v) is 13.1. The molecule has 0 saturated carbocycles. The summed E-state index contributed by atoms with van der Waals surface area (Å²) in [4.78, 5) is 0. The molecule has 0 heterocycles. The molecule has 0 aliphatic carbocycles. The van der Waals surface area contributed by atoms with Crippen molar-refractivity contribution < 1.29 is 9.13 Å². The number of hydrogen-bond acceptors (Lipinski definition) is 2. The summed E-state index contributed by atoms with van der Waals surface area (Å²) in [7, 11) is 0. The number of aryl methyl sites for hydroxylation is 1. The van der Waals surface area contributed by atoms with Crippen LogP contribution in [-0.2, 0) is 0 Å². The molecule has 0 fully saturated rings. The molecule has 1 unspecified atom stereocenters. The minimum Gasteiger partial charge on any atom is -0.494 e. The van der Waals surface area contributed by atoms with Gasteiger partial charge in [-0.2, -0.15) is 0 Å². The first-order valence-corrected chi connectivity index (χ1v) is 7.26. The SMILES string of the molecule is CCOc1ccc(C)cc1C(N)c1cc(F)ccc1Br. The van der Waals surface area contributed by atoms with Gasteiger partial charge in [0, 0.05) is 10.0 Å². The average molecular weight is 338 g/mol. The van der Waals surface area contributed by atoms with Crippen molar-refractivity contribution in [2.45, 2.75) is 19.9 Å². The summed E-state index contributed by atoms with van der Waals surface area (Å²) >= 11 is 3.42. The molecule has 0 radical (unpaired) electrons. The number of rotatable bonds is 4. The van der Waals surface area contributed by atoms with Gasteiger partial charge in [0.15, 0.2) is 0 Å². The van der Waals surface area contributed by atoms with E-state index >= 15 is 0 Å². The molecular weight excluding hydrogens is 321 g/mol. The molecular formula is C16H17BrFNO. The number of hydrogen-bond donors (Lipinski definition) is 1. The topological polar surface area (TPSA) is 35.2 Å². The van der Waals surface area contributed by atoms with Crippen molar-refractivity contribution in [1.29, 1.82) is 0 Å². The molecule has 4 heteroatoms. The molecule has 0 amide bonds. The quantitative estimate of drug-likeness (QED) is 0.900. The Kier molecular flexibility index (Phi) is 4.78. The van der Waals surface area contributed by atoms with Gasteiger partial charge in [-0.05, 0) is 43.7 Å². The van der Waals surface area contributed by atoms with Gasteiger partial charge in [0.05, 0.1) is 12.6 Å². The minimum absolute atomic E-state index is 0.302. The smallest absolute Gasteiger partial charge is 0.124 e. The fourth-order valence-corrected chi connectivity index (χ4v) is 2.61. The van der Waals surface area contributed by atoms with Crippen LogP contribution in [0.3, 0.4) is 0 Å². The van der Waals surface area contributed by atoms with E-state index in [-0.39, 0.29) is 5.82 Å². The molecule has 2 aromatic rings. The van der Waals surface area contributed by atoms with Gasteiger partial charge < -0.3 is 10.5 Å². The summed E-state index contributed by atoms with van der Waals surface area (Å²) in [5, 5.41) is 0. The van der Waals surface area contributed by atoms with Gasteiger partial charge in [0.25, 0.3) is 0 Å². The highest BCUT2D eigenvalue weighted by Gasteiger charge is 2.17. The van der Waals surface area contributed by atoms with Crippen LogP contribution >= 0.6 is 15.9 Å². The second kappa shape index (κ2) is 6.37. The van der Waals surface area contributed by atoms with E-state index in [1.807, 2.05) is 32.0 Å². The van der Waals surface area contributed by atoms with E-state index < -0.39 is 6.04 Å². The maximum absolute atomic E-state index is 13.4. The maximum Gasteiger partial charge on any atom is 0.124 e. The molecule has 2 N–H and O–H groups in total. The first kappa shape index (κ1) is 15.0. The van der Waals surface area contributed by atoms with Crippen molar-refractivity contribution in [3.63, 3.8) is 0 Å². The van der Waals surface area contributed by atoms with Crippen molar-refractivity contribution in [3.8, 4) is 5.75 Å². The summed E-state index contributed by atoms with van der Waals surface area (Å²) in [6, 6.07) is 9.94. The van der Waals surface area contributed by atoms with Gasteiger partial charge in [-0.25, -0.2) is 4.39 Å². The van der Waals surface area contributed by atoms with Gasteiger partial charge >= 0.3 is 0 Å². The Hall–Kier alpha value is -1.39. The van der Waals surface area contributed by atoms with Crippen LogP contribution in [0.25, 0.3) is 0 Å². The second-order valence-electron chi connectivity index (χ2n) is 4.62. The Morgan fingerprint density at radius 3 is 2.65 bits per heavy atom. The maximum atomic E-state index is 13.4. The van der Waals surface area contributed by atoms with Crippen molar-refractivity contribution in [3.05, 3.63) is 63.4 Å². The summed E-state index contributed by atoms with van der Waals surface area (Å²) < 4.78 is 19.8. The van der Waals surface area contributed by atoms with Crippen molar-refractivity contribution >= 4 is 15.9 Å². The van der Waals surface area contributed by atoms with Gasteiger partial charge in [-0.1, -0.05) is 33.6 Å². The van der Waals surface area contributed by atoms with Crippen LogP contribution < -0.4 is 10.5 Å². The molecule has 20 heavy (non-hydrogen) atoms. The number of nitrogens with two attached hydrogens (primary N) is 1. The Bertz CT molecular complexity index is 615. The largest absolute Gasteiger partial charge is 0.494 e. The van der Waals surface area contributed by atoms with E-state index in [4.69, 9.17) is 10.5 Å². The standard InChI is InChI=1S/C16H17BrFNO/c1-3-20-15-7-4-10(2)8-13(15)16(19)12-9-11(18)5-6-14(12)17/h4-9,16H,3,19H2,1-2H3. The molecule has 0 bridgehead atoms. The molecule has 0 aromatic heterocycles. The van der Waals surface area contributed by atoms with E-state index in [0.717, 1.165) is 21.3 Å². The molecule has 0 spiro atoms. The van der Waals surface area contributed by atoms with E-state index in [1.165, 1.54) is 12.1 Å². The third-order valence-corrected chi connectivity index (χ3v) is 3.82. The Morgan fingerprint density at radius 1 is 1.20 bits per heavy atom. The van der Waals surface area contributed by atoms with Gasteiger partial charge in [0.2, 0.25) is 0 Å². The third-order valence-electron chi connectivity index (χ3n) is 3.09. The molecule has 0 aliphatic heterocycles. The Balaban J connectivity index is 2.49. The monoisotopic (exact) mass is 337 g/mol. The number of halogens is 2. The lowest BCUT2D eigenvalue weighted by Crippen LogP contribution is -2.14. The highest BCUT2D eigenvalue weighted by Crippen LogP contribution is 2.33. The molecule has 1 atom stereocenters. The van der Waals surface area contributed by atoms with Crippen LogP contribution in [0.5, 0.6) is 5.75 Å². The van der Waals surface area contributed by atoms with Crippen LogP contribution in [-0.4, -0.2) is 6.61 Å². The van der Waals surface area contributed by atoms with Crippen molar-refractivity contribution in [1.82, 2.24) is 0 Å². The van der Waals surface area contributed by atoms with Crippen LogP contribution in [0.1, 0.15) is 29.7 Å². The Labute approximate surface area is 126 Å². The lowest BCUT2D eigenvalue weighted by Gasteiger charge is -2.19. The zero-order valence-electron chi connectivity index (χ0n) is 11.5. The van der Waals surface area contributed by atoms with E-state index in [1.54, 1.807) is 6.07 Å². The fourth-order valence-electron chi connectivity index (χ4n) is 2.12. The summed E-state index contributed by atoms with van der Waals surface area (Å²) in [5.74, 6) is 0.436. The predicted molar refractivity (Wildman–Crippen MR) is 82.5 cm³/mol. The normalized spacial score (nSPS) is 12.2. The van der Waals surface area contributed by atoms with Crippen molar-refractivity contribution in [2.24, 2.45) is 5.73 Å². The van der Waals surface area contributed by atoms with E-state index in [0.29, 0.717) is 12.2 Å². The Morgan fingerprint density at radius 2 is 1.95 bits per heavy atom. The van der Waals surface area contributed by atoms with Crippen LogP contribution in [0.4, 0.5) is 4.39 Å². The van der Waals surface area contributed by atoms with E-state index in [9.17, 15) is 4.39 Å². The number of ether oxygens (including phenoxy) is 1. The first-order valence-electron chi connectivity index (χ1n) is 6.46. The van der Waals surface area contributed by atoms with Crippen LogP contribution in [0, 0.1) is 12.7 Å². The summed E-state index contributed by atoms with van der Waals surface area (Å²) in [6.07, 6.45) is 0. The van der Waals surface area contributed by atoms with Gasteiger partial charge in [0.1, 0.15) is 11.6 Å². The van der Waals surface area contributed by atoms with E-state index in [2.05, 4.69) is 15.9 Å². The summed E-state index contributed by atoms with van der Waals surface area (Å²) in [6.45, 7) is 4.48. The molecule has 0 saturated heterocycles. The minimum atomic E-state index is -0.443. The predicted octanol–water partition coefficient (Wildman–Crippen LogP) is 4.34. The van der Waals surface area contributed by atoms with Crippen LogP contribution in [0.15, 0.2) is 40.9 Å². The molecule has 106 valence electrons. The zero-order chi connectivity index (χ0) is 14.7. The molecule has 2 rings (SSSR count). The third kappa shape index (κ3) is 3.19. The van der Waals surface area contributed by atoms with Gasteiger partial charge in [-0.15, -0.1) is 0 Å². The molecule has 2 nitrogen and oxygen atoms in total. The lowest BCUT2D eigenvalue weighted by atomic mass is 9.97. The number of benzene rings is 2.